The number of ether oxygens (including phenoxy) is 3. The second-order valence-corrected chi connectivity index (χ2v) is 2.79. The average Bonchev–Trinajstić information content (AvgIpc) is 2.17. The quantitative estimate of drug-likeness (QED) is 0.273. The van der Waals surface area contributed by atoms with E-state index in [1.165, 1.54) is 6.26 Å². The zero-order chi connectivity index (χ0) is 10.6. The molecular formula is C9H16O4S. The highest BCUT2D eigenvalue weighted by atomic mass is 32.1. The van der Waals surface area contributed by atoms with Crippen LogP contribution in [0.2, 0.25) is 0 Å². The lowest BCUT2D eigenvalue weighted by atomic mass is 10.5. The molecule has 0 aliphatic carbocycles. The van der Waals surface area contributed by atoms with E-state index in [0.717, 1.165) is 0 Å². The molecule has 0 aromatic heterocycles. The van der Waals surface area contributed by atoms with Gasteiger partial charge in [-0.2, -0.15) is 12.6 Å². The highest BCUT2D eigenvalue weighted by Crippen LogP contribution is 1.89. The van der Waals surface area contributed by atoms with Gasteiger partial charge in [-0.3, -0.25) is 4.79 Å². The van der Waals surface area contributed by atoms with Crippen molar-refractivity contribution >= 4 is 18.6 Å². The van der Waals surface area contributed by atoms with E-state index < -0.39 is 0 Å². The predicted molar refractivity (Wildman–Crippen MR) is 56.4 cm³/mol. The molecule has 0 aliphatic heterocycles. The second kappa shape index (κ2) is 10.4. The highest BCUT2D eigenvalue weighted by molar-refractivity contribution is 7.80. The van der Waals surface area contributed by atoms with Crippen LogP contribution in [-0.2, 0) is 19.0 Å². The summed E-state index contributed by atoms with van der Waals surface area (Å²) in [6.07, 6.45) is 1.69. The molecule has 0 saturated carbocycles. The lowest BCUT2D eigenvalue weighted by Gasteiger charge is -2.05. The summed E-state index contributed by atoms with van der Waals surface area (Å²) < 4.78 is 14.7. The van der Waals surface area contributed by atoms with Gasteiger partial charge in [-0.15, -0.1) is 0 Å². The number of carbonyl (C=O) groups excluding carboxylic acids is 1. The minimum atomic E-state index is -0.244. The number of carbonyl (C=O) groups is 1. The Morgan fingerprint density at radius 2 is 2.00 bits per heavy atom. The molecular weight excluding hydrogens is 204 g/mol. The van der Waals surface area contributed by atoms with Crippen LogP contribution in [0.5, 0.6) is 0 Å². The lowest BCUT2D eigenvalue weighted by molar-refractivity contribution is -0.144. The number of hydrogen-bond acceptors (Lipinski definition) is 5. The lowest BCUT2D eigenvalue weighted by Crippen LogP contribution is -2.12. The zero-order valence-corrected chi connectivity index (χ0v) is 9.00. The Morgan fingerprint density at radius 1 is 1.29 bits per heavy atom. The molecule has 0 atom stereocenters. The summed E-state index contributed by atoms with van der Waals surface area (Å²) in [6, 6.07) is 0. The summed E-state index contributed by atoms with van der Waals surface area (Å²) in [7, 11) is 0. The molecule has 0 N–H and O–H groups in total. The molecule has 0 unspecified atom stereocenters. The largest absolute Gasteiger partial charge is 0.499 e. The van der Waals surface area contributed by atoms with Crippen LogP contribution in [0.25, 0.3) is 0 Å². The van der Waals surface area contributed by atoms with Crippen LogP contribution < -0.4 is 0 Å². The number of thiol groups is 1. The Kier molecular flexibility index (Phi) is 9.90. The average molecular weight is 220 g/mol. The fraction of sp³-hybridized carbons (Fsp3) is 0.667. The van der Waals surface area contributed by atoms with E-state index in [-0.39, 0.29) is 12.6 Å². The molecule has 0 bridgehead atoms. The first-order valence-electron chi connectivity index (χ1n) is 4.38. The maximum Gasteiger partial charge on any atom is 0.306 e. The van der Waals surface area contributed by atoms with Gasteiger partial charge >= 0.3 is 5.97 Å². The van der Waals surface area contributed by atoms with Gasteiger partial charge < -0.3 is 14.2 Å². The van der Waals surface area contributed by atoms with Gasteiger partial charge in [-0.25, -0.2) is 0 Å². The standard InChI is InChI=1S/C9H16O4S/c1-2-11-4-5-12-6-7-13-9(10)3-8-14/h2,14H,1,3-8H2. The Bertz CT molecular complexity index is 161. The van der Waals surface area contributed by atoms with Crippen molar-refractivity contribution in [2.75, 3.05) is 32.2 Å². The molecule has 82 valence electrons. The van der Waals surface area contributed by atoms with Crippen LogP contribution in [0.1, 0.15) is 6.42 Å². The zero-order valence-electron chi connectivity index (χ0n) is 8.11. The van der Waals surface area contributed by atoms with E-state index in [0.29, 0.717) is 32.0 Å². The van der Waals surface area contributed by atoms with Gasteiger partial charge in [0.05, 0.1) is 25.9 Å². The summed E-state index contributed by atoms with van der Waals surface area (Å²) in [5.41, 5.74) is 0. The minimum absolute atomic E-state index is 0.244. The summed E-state index contributed by atoms with van der Waals surface area (Å²) in [5.74, 6) is 0.262. The van der Waals surface area contributed by atoms with Crippen molar-refractivity contribution in [3.05, 3.63) is 12.8 Å². The van der Waals surface area contributed by atoms with Crippen molar-refractivity contribution in [3.63, 3.8) is 0 Å². The van der Waals surface area contributed by atoms with Crippen molar-refractivity contribution < 1.29 is 19.0 Å². The van der Waals surface area contributed by atoms with Gasteiger partial charge in [0.15, 0.2) is 0 Å². The molecule has 5 heteroatoms. The number of hydrogen-bond donors (Lipinski definition) is 1. The third-order valence-corrected chi connectivity index (χ3v) is 1.49. The monoisotopic (exact) mass is 220 g/mol. The van der Waals surface area contributed by atoms with Gasteiger partial charge in [-0.1, -0.05) is 6.58 Å². The molecule has 0 aromatic carbocycles. The Morgan fingerprint density at radius 3 is 2.64 bits per heavy atom. The van der Waals surface area contributed by atoms with Crippen LogP contribution in [0.3, 0.4) is 0 Å². The maximum atomic E-state index is 10.8. The van der Waals surface area contributed by atoms with Crippen molar-refractivity contribution in [1.29, 1.82) is 0 Å². The maximum absolute atomic E-state index is 10.8. The second-order valence-electron chi connectivity index (χ2n) is 2.34. The fourth-order valence-corrected chi connectivity index (χ4v) is 0.853. The van der Waals surface area contributed by atoms with E-state index in [1.807, 2.05) is 0 Å². The smallest absolute Gasteiger partial charge is 0.306 e. The van der Waals surface area contributed by atoms with Gasteiger partial charge in [0.1, 0.15) is 13.2 Å². The van der Waals surface area contributed by atoms with Gasteiger partial charge in [0, 0.05) is 5.75 Å². The summed E-state index contributed by atoms with van der Waals surface area (Å²) >= 11 is 3.90. The summed E-state index contributed by atoms with van der Waals surface area (Å²) in [5, 5.41) is 0. The van der Waals surface area contributed by atoms with Crippen LogP contribution >= 0.6 is 12.6 Å². The molecule has 0 aromatic rings. The summed E-state index contributed by atoms with van der Waals surface area (Å²) in [4.78, 5) is 10.8. The van der Waals surface area contributed by atoms with Crippen molar-refractivity contribution in [3.8, 4) is 0 Å². The number of esters is 1. The molecule has 14 heavy (non-hydrogen) atoms. The highest BCUT2D eigenvalue weighted by Gasteiger charge is 1.99. The van der Waals surface area contributed by atoms with E-state index in [1.54, 1.807) is 0 Å². The first-order valence-corrected chi connectivity index (χ1v) is 5.01. The SMILES string of the molecule is C=COCCOCCOC(=O)CCS. The Hall–Kier alpha value is -0.680. The predicted octanol–water partition coefficient (Wildman–Crippen LogP) is 1.03. The minimum Gasteiger partial charge on any atom is -0.499 e. The molecule has 0 heterocycles. The van der Waals surface area contributed by atoms with Gasteiger partial charge in [0.25, 0.3) is 0 Å². The molecule has 0 fully saturated rings. The van der Waals surface area contributed by atoms with Crippen LogP contribution in [0.4, 0.5) is 0 Å². The van der Waals surface area contributed by atoms with Crippen LogP contribution in [-0.4, -0.2) is 38.1 Å². The van der Waals surface area contributed by atoms with E-state index in [9.17, 15) is 4.79 Å². The Labute approximate surface area is 89.6 Å². The molecule has 0 amide bonds. The van der Waals surface area contributed by atoms with E-state index >= 15 is 0 Å². The molecule has 0 radical (unpaired) electrons. The van der Waals surface area contributed by atoms with E-state index in [2.05, 4.69) is 19.2 Å². The van der Waals surface area contributed by atoms with E-state index in [4.69, 9.17) is 14.2 Å². The first-order chi connectivity index (χ1) is 6.81. The topological polar surface area (TPSA) is 44.8 Å². The fourth-order valence-electron chi connectivity index (χ4n) is 0.670. The number of rotatable bonds is 9. The molecule has 0 rings (SSSR count). The summed E-state index contributed by atoms with van der Waals surface area (Å²) in [6.45, 7) is 4.98. The normalized spacial score (nSPS) is 9.50. The first kappa shape index (κ1) is 13.3. The van der Waals surface area contributed by atoms with Crippen LogP contribution in [0, 0.1) is 0 Å². The third-order valence-electron chi connectivity index (χ3n) is 1.27. The van der Waals surface area contributed by atoms with Gasteiger partial charge in [0.2, 0.25) is 0 Å². The molecule has 4 nitrogen and oxygen atoms in total. The van der Waals surface area contributed by atoms with Crippen molar-refractivity contribution in [1.82, 2.24) is 0 Å². The van der Waals surface area contributed by atoms with Gasteiger partial charge in [-0.05, 0) is 0 Å². The third kappa shape index (κ3) is 9.41. The molecule has 0 aliphatic rings. The molecule has 0 saturated heterocycles. The van der Waals surface area contributed by atoms with Crippen molar-refractivity contribution in [2.24, 2.45) is 0 Å². The molecule has 0 spiro atoms. The van der Waals surface area contributed by atoms with Crippen LogP contribution in [0.15, 0.2) is 12.8 Å². The Balaban J connectivity index is 3.05. The van der Waals surface area contributed by atoms with Crippen molar-refractivity contribution in [2.45, 2.75) is 6.42 Å².